The summed E-state index contributed by atoms with van der Waals surface area (Å²) in [5.41, 5.74) is 13.4. The fourth-order valence-electron chi connectivity index (χ4n) is 8.61. The number of nitrogens with zero attached hydrogens (tertiary/aromatic N) is 2. The van der Waals surface area contributed by atoms with Gasteiger partial charge in [-0.25, -0.2) is 0 Å². The van der Waals surface area contributed by atoms with E-state index in [0.717, 1.165) is 50.3 Å². The molecule has 0 saturated heterocycles. The molecule has 4 nitrogen and oxygen atoms in total. The second kappa shape index (κ2) is 10.3. The van der Waals surface area contributed by atoms with E-state index in [1.165, 1.54) is 60.3 Å². The smallest absolute Gasteiger partial charge is 0.152 e. The summed E-state index contributed by atoms with van der Waals surface area (Å²) in [4.78, 5) is 0. The minimum Gasteiger partial charge on any atom is -0.456 e. The van der Waals surface area contributed by atoms with Crippen LogP contribution < -0.4 is 4.74 Å². The topological polar surface area (TPSA) is 32.2 Å². The Kier molecular flexibility index (Phi) is 5.47. The van der Waals surface area contributed by atoms with Crippen molar-refractivity contribution in [3.05, 3.63) is 170 Å². The maximum Gasteiger partial charge on any atom is 0.152 e. The normalized spacial score (nSPS) is 12.4. The first kappa shape index (κ1) is 27.7. The van der Waals surface area contributed by atoms with Crippen LogP contribution in [0.2, 0.25) is 0 Å². The quantitative estimate of drug-likeness (QED) is 0.188. The van der Waals surface area contributed by atoms with Gasteiger partial charge in [0.1, 0.15) is 11.2 Å². The van der Waals surface area contributed by atoms with E-state index in [1.807, 2.05) is 18.2 Å². The molecule has 0 unspecified atom stereocenters. The summed E-state index contributed by atoms with van der Waals surface area (Å²) < 4.78 is 17.3. The van der Waals surface area contributed by atoms with Gasteiger partial charge in [0.25, 0.3) is 0 Å². The van der Waals surface area contributed by atoms with Crippen molar-refractivity contribution in [2.75, 3.05) is 0 Å². The third kappa shape index (κ3) is 3.75. The minimum absolute atomic E-state index is 0.871. The Morgan fingerprint density at radius 3 is 1.90 bits per heavy atom. The van der Waals surface area contributed by atoms with E-state index >= 15 is 0 Å². The molecule has 1 aliphatic heterocycles. The van der Waals surface area contributed by atoms with E-state index < -0.39 is 0 Å². The molecule has 52 heavy (non-hydrogen) atoms. The van der Waals surface area contributed by atoms with Crippen molar-refractivity contribution in [1.29, 1.82) is 0 Å². The van der Waals surface area contributed by atoms with Crippen molar-refractivity contribution < 1.29 is 9.15 Å². The van der Waals surface area contributed by atoms with Crippen LogP contribution in [0.1, 0.15) is 0 Å². The van der Waals surface area contributed by atoms with Gasteiger partial charge >= 0.3 is 0 Å². The van der Waals surface area contributed by atoms with Gasteiger partial charge in [0.2, 0.25) is 0 Å². The second-order valence-corrected chi connectivity index (χ2v) is 13.7. The molecule has 242 valence electrons. The van der Waals surface area contributed by atoms with Crippen LogP contribution in [0, 0.1) is 0 Å². The van der Waals surface area contributed by atoms with Crippen LogP contribution in [0.4, 0.5) is 0 Å². The fraction of sp³-hybridized carbons (Fsp3) is 0. The zero-order valence-electron chi connectivity index (χ0n) is 27.9. The zero-order valence-corrected chi connectivity index (χ0v) is 27.9. The first-order valence-electron chi connectivity index (χ1n) is 17.7. The van der Waals surface area contributed by atoms with Crippen molar-refractivity contribution in [2.24, 2.45) is 0 Å². The lowest BCUT2D eigenvalue weighted by molar-refractivity contribution is 0.476. The number of ether oxygens (including phenoxy) is 1. The Morgan fingerprint density at radius 1 is 0.365 bits per heavy atom. The molecule has 3 aromatic heterocycles. The molecule has 0 aliphatic carbocycles. The van der Waals surface area contributed by atoms with Gasteiger partial charge in [-0.15, -0.1) is 0 Å². The Hall–Kier alpha value is -7.04. The number of hydrogen-bond donors (Lipinski definition) is 0. The Balaban J connectivity index is 1.01. The van der Waals surface area contributed by atoms with Gasteiger partial charge in [-0.3, -0.25) is 0 Å². The third-order valence-electron chi connectivity index (χ3n) is 10.9. The van der Waals surface area contributed by atoms with Crippen LogP contribution in [0.5, 0.6) is 11.5 Å². The van der Waals surface area contributed by atoms with E-state index in [0.29, 0.717) is 0 Å². The monoisotopic (exact) mass is 664 g/mol. The fourth-order valence-corrected chi connectivity index (χ4v) is 8.61. The van der Waals surface area contributed by atoms with Gasteiger partial charge in [0.05, 0.1) is 27.8 Å². The number of aromatic nitrogens is 2. The Morgan fingerprint density at radius 2 is 1.00 bits per heavy atom. The van der Waals surface area contributed by atoms with Crippen molar-refractivity contribution in [2.45, 2.75) is 0 Å². The average molecular weight is 665 g/mol. The number of rotatable bonds is 3. The molecule has 0 atom stereocenters. The van der Waals surface area contributed by atoms with Gasteiger partial charge in [-0.1, -0.05) is 103 Å². The molecule has 1 aliphatic rings. The molecular weight excluding hydrogens is 637 g/mol. The summed E-state index contributed by atoms with van der Waals surface area (Å²) in [6.07, 6.45) is 0. The molecular formula is C48H28N2O2. The van der Waals surface area contributed by atoms with Crippen LogP contribution >= 0.6 is 0 Å². The molecule has 0 N–H and O–H groups in total. The molecule has 12 rings (SSSR count). The van der Waals surface area contributed by atoms with Crippen molar-refractivity contribution in [1.82, 2.24) is 9.13 Å². The van der Waals surface area contributed by atoms with E-state index in [-0.39, 0.29) is 0 Å². The number of hydrogen-bond acceptors (Lipinski definition) is 2. The lowest BCUT2D eigenvalue weighted by Gasteiger charge is -2.21. The summed E-state index contributed by atoms with van der Waals surface area (Å²) in [6, 6.07) is 60.7. The molecule has 0 saturated carbocycles. The first-order chi connectivity index (χ1) is 25.8. The van der Waals surface area contributed by atoms with E-state index in [4.69, 9.17) is 9.15 Å². The third-order valence-corrected chi connectivity index (χ3v) is 10.9. The number of benzene rings is 8. The zero-order chi connectivity index (χ0) is 33.9. The molecule has 0 fully saturated rings. The van der Waals surface area contributed by atoms with Crippen molar-refractivity contribution >= 4 is 65.6 Å². The molecule has 8 aromatic carbocycles. The number of fused-ring (bicyclic) bond motifs is 11. The van der Waals surface area contributed by atoms with Crippen LogP contribution in [-0.2, 0) is 0 Å². The van der Waals surface area contributed by atoms with E-state index in [9.17, 15) is 0 Å². The van der Waals surface area contributed by atoms with Crippen LogP contribution in [0.25, 0.3) is 99.2 Å². The van der Waals surface area contributed by atoms with Crippen LogP contribution in [-0.4, -0.2) is 9.13 Å². The standard InChI is InChI=1S/C48H28N2O2/c1-3-14-40-34(9-1)38-27-30(31-22-26-44-39(28-31)35-10-2-5-16-43(35)51-44)21-25-41(38)49(40)32-23-19-29(20-24-32)33-11-7-12-36-37-13-8-18-46-48(37)50(47(33)36)42-15-4-6-17-45(42)52-46/h1-28H. The molecule has 4 heteroatoms. The summed E-state index contributed by atoms with van der Waals surface area (Å²) in [7, 11) is 0. The predicted octanol–water partition coefficient (Wildman–Crippen LogP) is 13.2. The van der Waals surface area contributed by atoms with Crippen molar-refractivity contribution in [3.63, 3.8) is 0 Å². The predicted molar refractivity (Wildman–Crippen MR) is 213 cm³/mol. The van der Waals surface area contributed by atoms with Gasteiger partial charge in [-0.05, 0) is 83.4 Å². The summed E-state index contributed by atoms with van der Waals surface area (Å²) in [6.45, 7) is 0. The minimum atomic E-state index is 0.871. The second-order valence-electron chi connectivity index (χ2n) is 13.7. The average Bonchev–Trinajstić information content (AvgIpc) is 3.86. The first-order valence-corrected chi connectivity index (χ1v) is 17.7. The molecule has 0 bridgehead atoms. The summed E-state index contributed by atoms with van der Waals surface area (Å²) in [5.74, 6) is 1.76. The summed E-state index contributed by atoms with van der Waals surface area (Å²) in [5, 5.41) is 7.17. The lowest BCUT2D eigenvalue weighted by Crippen LogP contribution is -2.04. The highest BCUT2D eigenvalue weighted by molar-refractivity contribution is 6.16. The van der Waals surface area contributed by atoms with Gasteiger partial charge < -0.3 is 18.3 Å². The van der Waals surface area contributed by atoms with E-state index in [2.05, 4.69) is 161 Å². The Labute approximate surface area is 297 Å². The highest BCUT2D eigenvalue weighted by Crippen LogP contribution is 2.47. The van der Waals surface area contributed by atoms with Crippen molar-refractivity contribution in [3.8, 4) is 45.1 Å². The molecule has 0 spiro atoms. The largest absolute Gasteiger partial charge is 0.456 e. The van der Waals surface area contributed by atoms with Gasteiger partial charge in [0.15, 0.2) is 11.5 Å². The molecule has 0 radical (unpaired) electrons. The van der Waals surface area contributed by atoms with Gasteiger partial charge in [0, 0.05) is 43.6 Å². The van der Waals surface area contributed by atoms with Gasteiger partial charge in [-0.2, -0.15) is 0 Å². The molecule has 11 aromatic rings. The van der Waals surface area contributed by atoms with Crippen LogP contribution in [0.15, 0.2) is 174 Å². The highest BCUT2D eigenvalue weighted by Gasteiger charge is 2.25. The highest BCUT2D eigenvalue weighted by atomic mass is 16.5. The lowest BCUT2D eigenvalue weighted by atomic mass is 10.0. The number of para-hydroxylation sites is 6. The molecule has 0 amide bonds. The van der Waals surface area contributed by atoms with E-state index in [1.54, 1.807) is 0 Å². The molecule has 4 heterocycles. The maximum atomic E-state index is 6.39. The number of furan rings is 1. The SMILES string of the molecule is c1ccc2c(c1)Oc1cccc3c4cccc(-c5ccc(-n6c7ccccc7c7cc(-c8ccc9oc%10ccccc%10c9c8)ccc76)cc5)c4n-2c13. The Bertz CT molecular complexity index is 3270. The van der Waals surface area contributed by atoms with Crippen LogP contribution in [0.3, 0.4) is 0 Å². The maximum absolute atomic E-state index is 6.39. The summed E-state index contributed by atoms with van der Waals surface area (Å²) >= 11 is 0.